The quantitative estimate of drug-likeness (QED) is 0.416. The molecule has 32 heavy (non-hydrogen) atoms. The first-order valence-electron chi connectivity index (χ1n) is 14.1. The highest BCUT2D eigenvalue weighted by molar-refractivity contribution is 5.86. The van der Waals surface area contributed by atoms with Gasteiger partial charge in [0.15, 0.2) is 0 Å². The van der Waals surface area contributed by atoms with Crippen LogP contribution in [-0.2, 0) is 4.79 Å². The molecule has 0 aliphatic heterocycles. The van der Waals surface area contributed by atoms with Gasteiger partial charge in [-0.3, -0.25) is 4.79 Å². The minimum absolute atomic E-state index is 0.162. The SMILES string of the molecule is CCC(C)C(O)CCC(C)[C@H]1CC[C@H]2[C@@H]3C(=O)[C@H](CC)[C@@H]4CC=CC[C@]4(C)[C@H]3CC[C@]12C. The molecule has 0 radical (unpaired) electrons. The number of carbonyl (C=O) groups excluding carboxylic acids is 1. The van der Waals surface area contributed by atoms with Crippen LogP contribution in [0, 0.1) is 58.2 Å². The Hall–Kier alpha value is -0.630. The number of aliphatic hydroxyl groups is 1. The van der Waals surface area contributed by atoms with Gasteiger partial charge in [-0.05, 0) is 104 Å². The van der Waals surface area contributed by atoms with Gasteiger partial charge in [-0.1, -0.05) is 60.1 Å². The summed E-state index contributed by atoms with van der Waals surface area (Å²) in [4.78, 5) is 14.0. The third-order valence-corrected chi connectivity index (χ3v) is 11.7. The van der Waals surface area contributed by atoms with Gasteiger partial charge in [0.05, 0.1) is 6.10 Å². The van der Waals surface area contributed by atoms with E-state index in [4.69, 9.17) is 0 Å². The van der Waals surface area contributed by atoms with Gasteiger partial charge < -0.3 is 5.11 Å². The molecule has 0 amide bonds. The average Bonchev–Trinajstić information content (AvgIpc) is 3.14. The Labute approximate surface area is 198 Å². The molecule has 0 aromatic carbocycles. The molecule has 182 valence electrons. The molecule has 0 heterocycles. The maximum atomic E-state index is 14.0. The predicted octanol–water partition coefficient (Wildman–Crippen LogP) is 7.45. The molecule has 11 atom stereocenters. The van der Waals surface area contributed by atoms with Gasteiger partial charge >= 0.3 is 0 Å². The standard InChI is InChI=1S/C30H50O2/c1-7-19(3)26(31)15-12-20(4)22-13-14-24-27-25(16-18-30(22,24)6)29(5)17-10-9-11-23(29)21(8-2)28(27)32/h9-10,19-27,31H,7-8,11-18H2,1-6H3/t19?,20?,21-,22-,23+,24+,25+,26?,27+,29+,30-/m1/s1. The van der Waals surface area contributed by atoms with E-state index in [-0.39, 0.29) is 12.0 Å². The van der Waals surface area contributed by atoms with Crippen LogP contribution in [0.25, 0.3) is 0 Å². The summed E-state index contributed by atoms with van der Waals surface area (Å²) in [6.07, 6.45) is 16.1. The number of allylic oxidation sites excluding steroid dienone is 2. The zero-order chi connectivity index (χ0) is 23.3. The van der Waals surface area contributed by atoms with Crippen LogP contribution >= 0.6 is 0 Å². The normalized spacial score (nSPS) is 46.2. The zero-order valence-corrected chi connectivity index (χ0v) is 21.8. The summed E-state index contributed by atoms with van der Waals surface area (Å²) in [5, 5.41) is 10.5. The second kappa shape index (κ2) is 9.20. The monoisotopic (exact) mass is 442 g/mol. The van der Waals surface area contributed by atoms with Crippen molar-refractivity contribution in [3.8, 4) is 0 Å². The lowest BCUT2D eigenvalue weighted by Crippen LogP contribution is -2.59. The van der Waals surface area contributed by atoms with Crippen LogP contribution in [0.5, 0.6) is 0 Å². The van der Waals surface area contributed by atoms with E-state index in [0.29, 0.717) is 58.0 Å². The van der Waals surface area contributed by atoms with Gasteiger partial charge in [0, 0.05) is 11.8 Å². The Morgan fingerprint density at radius 1 is 1.00 bits per heavy atom. The Balaban J connectivity index is 1.54. The molecule has 3 unspecified atom stereocenters. The fraction of sp³-hybridized carbons (Fsp3) is 0.900. The molecule has 0 bridgehead atoms. The molecule has 0 aromatic rings. The molecule has 4 rings (SSSR count). The van der Waals surface area contributed by atoms with E-state index in [2.05, 4.69) is 53.7 Å². The van der Waals surface area contributed by atoms with Crippen LogP contribution in [0.2, 0.25) is 0 Å². The molecule has 4 aliphatic rings. The van der Waals surface area contributed by atoms with Crippen LogP contribution in [0.1, 0.15) is 106 Å². The van der Waals surface area contributed by atoms with Gasteiger partial charge in [0.25, 0.3) is 0 Å². The molecule has 4 aliphatic carbocycles. The molecule has 0 saturated heterocycles. The molecule has 2 heteroatoms. The van der Waals surface area contributed by atoms with Gasteiger partial charge in [0.1, 0.15) is 5.78 Å². The highest BCUT2D eigenvalue weighted by Gasteiger charge is 2.64. The van der Waals surface area contributed by atoms with Crippen LogP contribution in [0.15, 0.2) is 12.2 Å². The number of aliphatic hydroxyl groups excluding tert-OH is 1. The Morgan fingerprint density at radius 3 is 2.41 bits per heavy atom. The van der Waals surface area contributed by atoms with E-state index in [1.807, 2.05) is 0 Å². The number of carbonyl (C=O) groups is 1. The lowest BCUT2D eigenvalue weighted by atomic mass is 9.42. The minimum atomic E-state index is -0.162. The predicted molar refractivity (Wildman–Crippen MR) is 133 cm³/mol. The van der Waals surface area contributed by atoms with E-state index < -0.39 is 0 Å². The van der Waals surface area contributed by atoms with Crippen LogP contribution in [0.4, 0.5) is 0 Å². The molecule has 3 fully saturated rings. The van der Waals surface area contributed by atoms with Crippen LogP contribution < -0.4 is 0 Å². The van der Waals surface area contributed by atoms with Crippen molar-refractivity contribution in [2.45, 2.75) is 112 Å². The van der Waals surface area contributed by atoms with Gasteiger partial charge in [-0.2, -0.15) is 0 Å². The Morgan fingerprint density at radius 2 is 1.72 bits per heavy atom. The van der Waals surface area contributed by atoms with E-state index in [1.54, 1.807) is 0 Å². The Bertz CT molecular complexity index is 712. The number of hydrogen-bond donors (Lipinski definition) is 1. The highest BCUT2D eigenvalue weighted by atomic mass is 16.3. The molecule has 0 aromatic heterocycles. The topological polar surface area (TPSA) is 37.3 Å². The molecule has 2 nitrogen and oxygen atoms in total. The molecular weight excluding hydrogens is 392 g/mol. The zero-order valence-electron chi connectivity index (χ0n) is 21.8. The third-order valence-electron chi connectivity index (χ3n) is 11.7. The molecule has 1 N–H and O–H groups in total. The Kier molecular flexibility index (Phi) is 7.04. The summed E-state index contributed by atoms with van der Waals surface area (Å²) < 4.78 is 0. The van der Waals surface area contributed by atoms with E-state index in [0.717, 1.165) is 32.1 Å². The fourth-order valence-corrected chi connectivity index (χ4v) is 9.43. The molecule has 0 spiro atoms. The van der Waals surface area contributed by atoms with Crippen molar-refractivity contribution >= 4 is 5.78 Å². The van der Waals surface area contributed by atoms with Crippen molar-refractivity contribution in [2.75, 3.05) is 0 Å². The summed E-state index contributed by atoms with van der Waals surface area (Å²) in [5.41, 5.74) is 0.628. The second-order valence-corrected chi connectivity index (χ2v) is 12.9. The van der Waals surface area contributed by atoms with E-state index >= 15 is 0 Å². The summed E-state index contributed by atoms with van der Waals surface area (Å²) in [7, 11) is 0. The second-order valence-electron chi connectivity index (χ2n) is 12.9. The first-order valence-corrected chi connectivity index (χ1v) is 14.1. The summed E-state index contributed by atoms with van der Waals surface area (Å²) in [6.45, 7) is 14.1. The maximum Gasteiger partial charge on any atom is 0.139 e. The number of ketones is 1. The van der Waals surface area contributed by atoms with E-state index in [9.17, 15) is 9.90 Å². The first-order chi connectivity index (χ1) is 15.2. The van der Waals surface area contributed by atoms with Gasteiger partial charge in [-0.25, -0.2) is 0 Å². The molecule has 3 saturated carbocycles. The lowest BCUT2D eigenvalue weighted by molar-refractivity contribution is -0.163. The van der Waals surface area contributed by atoms with Crippen molar-refractivity contribution < 1.29 is 9.90 Å². The molecular formula is C30H50O2. The first kappa shape index (κ1) is 24.5. The van der Waals surface area contributed by atoms with Gasteiger partial charge in [0.2, 0.25) is 0 Å². The van der Waals surface area contributed by atoms with Crippen LogP contribution in [-0.4, -0.2) is 17.0 Å². The van der Waals surface area contributed by atoms with Gasteiger partial charge in [-0.15, -0.1) is 0 Å². The summed E-state index contributed by atoms with van der Waals surface area (Å²) >= 11 is 0. The average molecular weight is 443 g/mol. The van der Waals surface area contributed by atoms with Crippen molar-refractivity contribution in [2.24, 2.45) is 58.2 Å². The smallest absolute Gasteiger partial charge is 0.139 e. The minimum Gasteiger partial charge on any atom is -0.393 e. The summed E-state index contributed by atoms with van der Waals surface area (Å²) in [5.74, 6) is 4.70. The summed E-state index contributed by atoms with van der Waals surface area (Å²) in [6, 6.07) is 0. The number of fused-ring (bicyclic) bond motifs is 5. The van der Waals surface area contributed by atoms with E-state index in [1.165, 1.54) is 32.1 Å². The number of rotatable bonds is 7. The maximum absolute atomic E-state index is 14.0. The largest absolute Gasteiger partial charge is 0.393 e. The fourth-order valence-electron chi connectivity index (χ4n) is 9.43. The van der Waals surface area contributed by atoms with Crippen molar-refractivity contribution in [1.82, 2.24) is 0 Å². The number of hydrogen-bond acceptors (Lipinski definition) is 2. The van der Waals surface area contributed by atoms with Crippen molar-refractivity contribution in [3.63, 3.8) is 0 Å². The highest BCUT2D eigenvalue weighted by Crippen LogP contribution is 2.68. The van der Waals surface area contributed by atoms with Crippen LogP contribution in [0.3, 0.4) is 0 Å². The number of Topliss-reactive ketones (excluding diaryl/α,β-unsaturated/α-hetero) is 1. The third kappa shape index (κ3) is 3.75. The van der Waals surface area contributed by atoms with Crippen molar-refractivity contribution in [1.29, 1.82) is 0 Å². The van der Waals surface area contributed by atoms with Crippen molar-refractivity contribution in [3.05, 3.63) is 12.2 Å². The lowest BCUT2D eigenvalue weighted by Gasteiger charge is -2.61.